The van der Waals surface area contributed by atoms with Gasteiger partial charge in [0.05, 0.1) is 11.6 Å². The molecule has 1 aromatic heterocycles. The first-order valence-corrected chi connectivity index (χ1v) is 7.67. The Morgan fingerprint density at radius 1 is 1.44 bits per heavy atom. The van der Waals surface area contributed by atoms with Gasteiger partial charge in [-0.2, -0.15) is 10.5 Å². The zero-order valence-electron chi connectivity index (χ0n) is 9.36. The molecule has 0 radical (unpaired) electrons. The van der Waals surface area contributed by atoms with Gasteiger partial charge in [0, 0.05) is 11.4 Å². The maximum atomic E-state index is 11.5. The van der Waals surface area contributed by atoms with Gasteiger partial charge in [-0.3, -0.25) is 4.72 Å². The first-order valence-electron chi connectivity index (χ1n) is 5.20. The summed E-state index contributed by atoms with van der Waals surface area (Å²) in [4.78, 5) is 0.979. The average Bonchev–Trinajstić information content (AvgIpc) is 2.64. The van der Waals surface area contributed by atoms with Gasteiger partial charge in [-0.05, 0) is 18.5 Å². The molecular formula is C10H10N4O2S2. The Kier molecular flexibility index (Phi) is 3.53. The zero-order chi connectivity index (χ0) is 13.2. The van der Waals surface area contributed by atoms with E-state index in [1.165, 1.54) is 11.3 Å². The van der Waals surface area contributed by atoms with Crippen molar-refractivity contribution in [2.45, 2.75) is 13.0 Å². The number of hydrogen-bond donors (Lipinski definition) is 2. The summed E-state index contributed by atoms with van der Waals surface area (Å²) in [6.45, 7) is 1.43. The molecule has 0 saturated heterocycles. The third kappa shape index (κ3) is 2.46. The summed E-state index contributed by atoms with van der Waals surface area (Å²) < 4.78 is 25.4. The molecule has 1 aromatic rings. The monoisotopic (exact) mass is 282 g/mol. The molecule has 1 aliphatic rings. The molecule has 18 heavy (non-hydrogen) atoms. The van der Waals surface area contributed by atoms with Gasteiger partial charge in [-0.25, -0.2) is 8.42 Å². The summed E-state index contributed by atoms with van der Waals surface area (Å²) in [5.74, 6) is -0.612. The van der Waals surface area contributed by atoms with Crippen molar-refractivity contribution in [1.82, 2.24) is 5.32 Å². The highest BCUT2D eigenvalue weighted by atomic mass is 32.2. The van der Waals surface area contributed by atoms with Crippen LogP contribution in [0.25, 0.3) is 0 Å². The number of nitrogens with one attached hydrogen (secondary N) is 2. The van der Waals surface area contributed by atoms with E-state index < -0.39 is 15.8 Å². The van der Waals surface area contributed by atoms with Crippen molar-refractivity contribution in [1.29, 1.82) is 10.5 Å². The van der Waals surface area contributed by atoms with E-state index in [0.29, 0.717) is 23.5 Å². The van der Waals surface area contributed by atoms with Crippen molar-refractivity contribution in [3.8, 4) is 12.1 Å². The van der Waals surface area contributed by atoms with Crippen molar-refractivity contribution >= 4 is 26.4 Å². The number of rotatable bonds is 3. The third-order valence-electron chi connectivity index (χ3n) is 2.54. The van der Waals surface area contributed by atoms with Gasteiger partial charge in [0.15, 0.2) is 5.75 Å². The maximum Gasteiger partial charge on any atom is 0.246 e. The van der Waals surface area contributed by atoms with Gasteiger partial charge in [-0.1, -0.05) is 0 Å². The van der Waals surface area contributed by atoms with Crippen LogP contribution in [0, 0.1) is 22.7 Å². The molecule has 2 rings (SSSR count). The Balaban J connectivity index is 2.38. The lowest BCUT2D eigenvalue weighted by Crippen LogP contribution is -2.22. The second kappa shape index (κ2) is 4.94. The molecule has 94 valence electrons. The average molecular weight is 282 g/mol. The minimum absolute atomic E-state index is 0.321. The largest absolute Gasteiger partial charge is 0.312 e. The van der Waals surface area contributed by atoms with Crippen LogP contribution in [0.3, 0.4) is 0 Å². The number of hydrogen-bond acceptors (Lipinski definition) is 6. The number of thiophene rings is 1. The fraction of sp³-hybridized carbons (Fsp3) is 0.400. The first-order chi connectivity index (χ1) is 8.57. The van der Waals surface area contributed by atoms with Crippen LogP contribution in [0.1, 0.15) is 16.0 Å². The number of nitrogens with zero attached hydrogens (tertiary/aromatic N) is 2. The fourth-order valence-electron chi connectivity index (χ4n) is 1.79. The summed E-state index contributed by atoms with van der Waals surface area (Å²) >= 11 is 1.25. The summed E-state index contributed by atoms with van der Waals surface area (Å²) in [6, 6.07) is 3.63. The van der Waals surface area contributed by atoms with Crippen LogP contribution in [0.4, 0.5) is 5.00 Å². The standard InChI is InChI=1S/C10H10N4O2S2/c11-2-4-18(15,16)14-10-8(5-12)7-1-3-13-6-9(7)17-10/h13-14H,1,3-4,6H2. The van der Waals surface area contributed by atoms with E-state index in [0.717, 1.165) is 17.0 Å². The minimum Gasteiger partial charge on any atom is -0.312 e. The molecule has 0 bridgehead atoms. The zero-order valence-corrected chi connectivity index (χ0v) is 11.0. The number of fused-ring (bicyclic) bond motifs is 1. The van der Waals surface area contributed by atoms with E-state index in [2.05, 4.69) is 10.0 Å². The predicted molar refractivity (Wildman–Crippen MR) is 67.5 cm³/mol. The third-order valence-corrected chi connectivity index (χ3v) is 4.84. The van der Waals surface area contributed by atoms with E-state index in [4.69, 9.17) is 10.5 Å². The quantitative estimate of drug-likeness (QED) is 0.841. The van der Waals surface area contributed by atoms with Gasteiger partial charge >= 0.3 is 0 Å². The van der Waals surface area contributed by atoms with Crippen LogP contribution in [-0.4, -0.2) is 20.7 Å². The summed E-state index contributed by atoms with van der Waals surface area (Å²) in [5, 5.41) is 21.0. The molecule has 2 N–H and O–H groups in total. The summed E-state index contributed by atoms with van der Waals surface area (Å²) in [7, 11) is -3.69. The van der Waals surface area contributed by atoms with E-state index in [1.54, 1.807) is 6.07 Å². The van der Waals surface area contributed by atoms with Crippen molar-refractivity contribution in [3.05, 3.63) is 16.0 Å². The van der Waals surface area contributed by atoms with Crippen molar-refractivity contribution < 1.29 is 8.42 Å². The highest BCUT2D eigenvalue weighted by molar-refractivity contribution is 7.93. The lowest BCUT2D eigenvalue weighted by Gasteiger charge is -2.11. The predicted octanol–water partition coefficient (Wildman–Crippen LogP) is 0.531. The van der Waals surface area contributed by atoms with Gasteiger partial charge in [0.2, 0.25) is 10.0 Å². The van der Waals surface area contributed by atoms with Crippen molar-refractivity contribution in [3.63, 3.8) is 0 Å². The molecule has 0 fully saturated rings. The number of nitriles is 2. The summed E-state index contributed by atoms with van der Waals surface area (Å²) in [5.41, 5.74) is 1.30. The second-order valence-corrected chi connectivity index (χ2v) is 6.59. The normalized spacial score (nSPS) is 14.3. The van der Waals surface area contributed by atoms with E-state index in [-0.39, 0.29) is 0 Å². The lowest BCUT2D eigenvalue weighted by atomic mass is 10.1. The van der Waals surface area contributed by atoms with Gasteiger partial charge in [0.1, 0.15) is 11.1 Å². The van der Waals surface area contributed by atoms with Crippen LogP contribution >= 0.6 is 11.3 Å². The molecule has 0 aromatic carbocycles. The van der Waals surface area contributed by atoms with Crippen LogP contribution in [0.15, 0.2) is 0 Å². The van der Waals surface area contributed by atoms with E-state index in [1.807, 2.05) is 6.07 Å². The molecule has 1 aliphatic heterocycles. The highest BCUT2D eigenvalue weighted by Gasteiger charge is 2.23. The molecule has 0 atom stereocenters. The van der Waals surface area contributed by atoms with Crippen LogP contribution < -0.4 is 10.0 Å². The Morgan fingerprint density at radius 3 is 2.89 bits per heavy atom. The Bertz CT molecular complexity index is 649. The van der Waals surface area contributed by atoms with E-state index in [9.17, 15) is 8.42 Å². The molecule has 2 heterocycles. The lowest BCUT2D eigenvalue weighted by molar-refractivity contribution is 0.604. The second-order valence-electron chi connectivity index (χ2n) is 3.77. The van der Waals surface area contributed by atoms with Gasteiger partial charge in [0.25, 0.3) is 0 Å². The Hall–Kier alpha value is -1.61. The molecule has 0 unspecified atom stereocenters. The Morgan fingerprint density at radius 2 is 2.22 bits per heavy atom. The van der Waals surface area contributed by atoms with Gasteiger partial charge < -0.3 is 5.32 Å². The highest BCUT2D eigenvalue weighted by Crippen LogP contribution is 2.35. The number of sulfonamides is 1. The molecule has 0 spiro atoms. The molecule has 6 nitrogen and oxygen atoms in total. The topological polar surface area (TPSA) is 106 Å². The van der Waals surface area contributed by atoms with Gasteiger partial charge in [-0.15, -0.1) is 11.3 Å². The Labute approximate surface area is 109 Å². The van der Waals surface area contributed by atoms with Crippen LogP contribution in [0.5, 0.6) is 0 Å². The molecule has 0 amide bonds. The van der Waals surface area contributed by atoms with Crippen LogP contribution in [0.2, 0.25) is 0 Å². The van der Waals surface area contributed by atoms with Crippen molar-refractivity contribution in [2.75, 3.05) is 17.0 Å². The van der Waals surface area contributed by atoms with Crippen LogP contribution in [-0.2, 0) is 23.0 Å². The molecule has 0 saturated carbocycles. The SMILES string of the molecule is N#CCS(=O)(=O)Nc1sc2c(c1C#N)CCNC2. The smallest absolute Gasteiger partial charge is 0.246 e. The fourth-order valence-corrected chi connectivity index (χ4v) is 3.98. The first kappa shape index (κ1) is 12.8. The molecule has 0 aliphatic carbocycles. The maximum absolute atomic E-state index is 11.5. The minimum atomic E-state index is -3.69. The molecule has 8 heteroatoms. The summed E-state index contributed by atoms with van der Waals surface area (Å²) in [6.07, 6.45) is 0.717. The van der Waals surface area contributed by atoms with Crippen molar-refractivity contribution in [2.24, 2.45) is 0 Å². The number of anilines is 1. The van der Waals surface area contributed by atoms with E-state index >= 15 is 0 Å². The molecular weight excluding hydrogens is 272 g/mol.